The van der Waals surface area contributed by atoms with Gasteiger partial charge < -0.3 is 10.5 Å². The summed E-state index contributed by atoms with van der Waals surface area (Å²) in [5, 5.41) is 0. The standard InChI is InChI=1S/C10H10BrF2NO2/c1-2-7(10(14)15)16-8-4-5(11)3-6(12)9(8)13/h3-4,7H,2H2,1H3,(H2,14,15). The Morgan fingerprint density at radius 2 is 2.19 bits per heavy atom. The lowest BCUT2D eigenvalue weighted by atomic mass is 10.2. The van der Waals surface area contributed by atoms with Gasteiger partial charge in [-0.05, 0) is 18.6 Å². The van der Waals surface area contributed by atoms with Crippen LogP contribution < -0.4 is 10.5 Å². The number of ether oxygens (including phenoxy) is 1. The topological polar surface area (TPSA) is 52.3 Å². The van der Waals surface area contributed by atoms with Gasteiger partial charge in [0, 0.05) is 4.47 Å². The van der Waals surface area contributed by atoms with E-state index in [1.165, 1.54) is 6.07 Å². The van der Waals surface area contributed by atoms with Gasteiger partial charge in [-0.2, -0.15) is 4.39 Å². The first-order valence-electron chi connectivity index (χ1n) is 4.56. The molecule has 1 unspecified atom stereocenters. The molecule has 88 valence electrons. The number of rotatable bonds is 4. The van der Waals surface area contributed by atoms with Crippen LogP contribution in [0.3, 0.4) is 0 Å². The number of primary amides is 1. The van der Waals surface area contributed by atoms with Crippen LogP contribution in [-0.2, 0) is 4.79 Å². The lowest BCUT2D eigenvalue weighted by Crippen LogP contribution is -2.33. The fraction of sp³-hybridized carbons (Fsp3) is 0.300. The van der Waals surface area contributed by atoms with Crippen molar-refractivity contribution in [3.05, 3.63) is 28.2 Å². The van der Waals surface area contributed by atoms with Gasteiger partial charge in [0.1, 0.15) is 0 Å². The molecule has 0 saturated heterocycles. The minimum absolute atomic E-state index is 0.281. The largest absolute Gasteiger partial charge is 0.477 e. The molecule has 1 rings (SSSR count). The van der Waals surface area contributed by atoms with Crippen molar-refractivity contribution in [1.82, 2.24) is 0 Å². The molecule has 0 saturated carbocycles. The van der Waals surface area contributed by atoms with Crippen molar-refractivity contribution >= 4 is 21.8 Å². The summed E-state index contributed by atoms with van der Waals surface area (Å²) in [5.74, 6) is -3.24. The van der Waals surface area contributed by atoms with Crippen LogP contribution in [0, 0.1) is 11.6 Å². The molecule has 6 heteroatoms. The van der Waals surface area contributed by atoms with Gasteiger partial charge in [-0.25, -0.2) is 4.39 Å². The summed E-state index contributed by atoms with van der Waals surface area (Å²) >= 11 is 2.99. The molecule has 0 spiro atoms. The number of hydrogen-bond donors (Lipinski definition) is 1. The number of benzene rings is 1. The maximum absolute atomic E-state index is 13.3. The number of nitrogens with two attached hydrogens (primary N) is 1. The molecule has 0 heterocycles. The smallest absolute Gasteiger partial charge is 0.258 e. The maximum atomic E-state index is 13.3. The van der Waals surface area contributed by atoms with E-state index in [1.807, 2.05) is 0 Å². The van der Waals surface area contributed by atoms with Gasteiger partial charge in [0.15, 0.2) is 17.7 Å². The summed E-state index contributed by atoms with van der Waals surface area (Å²) in [5.41, 5.74) is 5.03. The fourth-order valence-electron chi connectivity index (χ4n) is 1.11. The van der Waals surface area contributed by atoms with Crippen molar-refractivity contribution in [2.24, 2.45) is 5.73 Å². The number of halogens is 3. The zero-order valence-corrected chi connectivity index (χ0v) is 10.1. The second kappa shape index (κ2) is 5.25. The summed E-state index contributed by atoms with van der Waals surface area (Å²) in [7, 11) is 0. The van der Waals surface area contributed by atoms with E-state index >= 15 is 0 Å². The van der Waals surface area contributed by atoms with Crippen LogP contribution in [0.5, 0.6) is 5.75 Å². The van der Waals surface area contributed by atoms with Crippen molar-refractivity contribution in [3.8, 4) is 5.75 Å². The molecule has 1 aromatic carbocycles. The van der Waals surface area contributed by atoms with Gasteiger partial charge >= 0.3 is 0 Å². The van der Waals surface area contributed by atoms with Crippen molar-refractivity contribution in [2.45, 2.75) is 19.4 Å². The Bertz CT molecular complexity index is 412. The summed E-state index contributed by atoms with van der Waals surface area (Å²) in [6, 6.07) is 2.21. The van der Waals surface area contributed by atoms with E-state index in [2.05, 4.69) is 15.9 Å². The molecular formula is C10H10BrF2NO2. The Labute approximate surface area is 99.7 Å². The normalized spacial score (nSPS) is 12.2. The minimum atomic E-state index is -1.14. The van der Waals surface area contributed by atoms with E-state index in [4.69, 9.17) is 10.5 Å². The molecule has 0 aliphatic heterocycles. The first kappa shape index (κ1) is 12.9. The Hall–Kier alpha value is -1.17. The minimum Gasteiger partial charge on any atom is -0.477 e. The highest BCUT2D eigenvalue weighted by Gasteiger charge is 2.19. The summed E-state index contributed by atoms with van der Waals surface area (Å²) in [6.07, 6.45) is -0.689. The van der Waals surface area contributed by atoms with Crippen LogP contribution in [0.2, 0.25) is 0 Å². The predicted octanol–water partition coefficient (Wildman–Crippen LogP) is 2.37. The molecule has 0 aliphatic rings. The molecule has 3 nitrogen and oxygen atoms in total. The van der Waals surface area contributed by atoms with E-state index in [0.29, 0.717) is 4.47 Å². The van der Waals surface area contributed by atoms with Crippen LogP contribution in [0.1, 0.15) is 13.3 Å². The maximum Gasteiger partial charge on any atom is 0.258 e. The number of carbonyl (C=O) groups excluding carboxylic acids is 1. The molecule has 0 fully saturated rings. The number of hydrogen-bond acceptors (Lipinski definition) is 2. The summed E-state index contributed by atoms with van der Waals surface area (Å²) in [6.45, 7) is 1.65. The monoisotopic (exact) mass is 293 g/mol. The molecular weight excluding hydrogens is 284 g/mol. The van der Waals surface area contributed by atoms with Gasteiger partial charge in [-0.1, -0.05) is 22.9 Å². The second-order valence-corrected chi connectivity index (χ2v) is 4.03. The molecule has 0 aliphatic carbocycles. The average molecular weight is 294 g/mol. The van der Waals surface area contributed by atoms with E-state index in [1.54, 1.807) is 6.92 Å². The van der Waals surface area contributed by atoms with Crippen molar-refractivity contribution in [3.63, 3.8) is 0 Å². The third-order valence-corrected chi connectivity index (χ3v) is 2.37. The SMILES string of the molecule is CCC(Oc1cc(Br)cc(F)c1F)C(N)=O. The van der Waals surface area contributed by atoms with Gasteiger partial charge in [0.25, 0.3) is 5.91 Å². The lowest BCUT2D eigenvalue weighted by Gasteiger charge is -2.14. The summed E-state index contributed by atoms with van der Waals surface area (Å²) < 4.78 is 31.6. The molecule has 1 atom stereocenters. The molecule has 1 amide bonds. The molecule has 2 N–H and O–H groups in total. The van der Waals surface area contributed by atoms with Gasteiger partial charge in [0.2, 0.25) is 5.82 Å². The number of amides is 1. The van der Waals surface area contributed by atoms with Gasteiger partial charge in [0.05, 0.1) is 0 Å². The van der Waals surface area contributed by atoms with Crippen LogP contribution in [0.4, 0.5) is 8.78 Å². The van der Waals surface area contributed by atoms with Crippen molar-refractivity contribution in [2.75, 3.05) is 0 Å². The van der Waals surface area contributed by atoms with Gasteiger partial charge in [-0.15, -0.1) is 0 Å². The molecule has 0 radical (unpaired) electrons. The van der Waals surface area contributed by atoms with Gasteiger partial charge in [-0.3, -0.25) is 4.79 Å². The third kappa shape index (κ3) is 2.91. The third-order valence-electron chi connectivity index (χ3n) is 1.92. The van der Waals surface area contributed by atoms with E-state index in [9.17, 15) is 13.6 Å². The van der Waals surface area contributed by atoms with Crippen LogP contribution in [0.15, 0.2) is 16.6 Å². The Morgan fingerprint density at radius 3 is 2.69 bits per heavy atom. The quantitative estimate of drug-likeness (QED) is 0.867. The summed E-state index contributed by atoms with van der Waals surface area (Å²) in [4.78, 5) is 10.9. The van der Waals surface area contributed by atoms with E-state index in [-0.39, 0.29) is 12.2 Å². The highest BCUT2D eigenvalue weighted by molar-refractivity contribution is 9.10. The Balaban J connectivity index is 3.00. The molecule has 1 aromatic rings. The van der Waals surface area contributed by atoms with Crippen molar-refractivity contribution in [1.29, 1.82) is 0 Å². The molecule has 16 heavy (non-hydrogen) atoms. The highest BCUT2D eigenvalue weighted by Crippen LogP contribution is 2.26. The van der Waals surface area contributed by atoms with Crippen LogP contribution in [-0.4, -0.2) is 12.0 Å². The molecule has 0 aromatic heterocycles. The average Bonchev–Trinajstić information content (AvgIpc) is 2.20. The predicted molar refractivity (Wildman–Crippen MR) is 58.0 cm³/mol. The van der Waals surface area contributed by atoms with E-state index < -0.39 is 23.6 Å². The zero-order chi connectivity index (χ0) is 12.3. The fourth-order valence-corrected chi connectivity index (χ4v) is 1.52. The first-order valence-corrected chi connectivity index (χ1v) is 5.35. The first-order chi connectivity index (χ1) is 7.45. The molecule has 0 bridgehead atoms. The number of carbonyl (C=O) groups is 1. The lowest BCUT2D eigenvalue weighted by molar-refractivity contribution is -0.124. The Kier molecular flexibility index (Phi) is 4.23. The van der Waals surface area contributed by atoms with Crippen LogP contribution >= 0.6 is 15.9 Å². The second-order valence-electron chi connectivity index (χ2n) is 3.12. The highest BCUT2D eigenvalue weighted by atomic mass is 79.9. The van der Waals surface area contributed by atoms with Crippen molar-refractivity contribution < 1.29 is 18.3 Å². The Morgan fingerprint density at radius 1 is 1.56 bits per heavy atom. The van der Waals surface area contributed by atoms with Crippen LogP contribution in [0.25, 0.3) is 0 Å². The zero-order valence-electron chi connectivity index (χ0n) is 8.47. The van der Waals surface area contributed by atoms with E-state index in [0.717, 1.165) is 6.07 Å².